The number of hydrogen-bond acceptors (Lipinski definition) is 3. The molecule has 0 unspecified atom stereocenters. The van der Waals surface area contributed by atoms with Crippen LogP contribution in [0.4, 0.5) is 0 Å². The summed E-state index contributed by atoms with van der Waals surface area (Å²) < 4.78 is 0. The van der Waals surface area contributed by atoms with E-state index in [-0.39, 0.29) is 0 Å². The molecular weight excluding hydrogens is 234 g/mol. The van der Waals surface area contributed by atoms with E-state index in [4.69, 9.17) is 5.11 Å². The molecule has 0 amide bonds. The minimum absolute atomic E-state index is 0.597. The maximum atomic E-state index is 10.5. The van der Waals surface area contributed by atoms with E-state index in [1.165, 1.54) is 43.2 Å². The Morgan fingerprint density at radius 1 is 1.41 bits per heavy atom. The lowest BCUT2D eigenvalue weighted by atomic mass is 9.90. The van der Waals surface area contributed by atoms with Crippen LogP contribution < -0.4 is 0 Å². The third-order valence-electron chi connectivity index (χ3n) is 3.18. The summed E-state index contributed by atoms with van der Waals surface area (Å²) in [6.45, 7) is 1.95. The Labute approximate surface area is 105 Å². The van der Waals surface area contributed by atoms with Crippen LogP contribution in [0.2, 0.25) is 0 Å². The lowest BCUT2D eigenvalue weighted by Crippen LogP contribution is -2.03. The van der Waals surface area contributed by atoms with Gasteiger partial charge in [0, 0.05) is 12.0 Å². The van der Waals surface area contributed by atoms with Gasteiger partial charge in [0.1, 0.15) is 0 Å². The number of hydrogen-bond donors (Lipinski definition) is 1. The number of carboxylic acid groups (broad SMARTS) is 1. The van der Waals surface area contributed by atoms with Gasteiger partial charge >= 0.3 is 5.97 Å². The first-order valence-electron chi connectivity index (χ1n) is 6.05. The predicted octanol–water partition coefficient (Wildman–Crippen LogP) is 3.60. The highest BCUT2D eigenvalue weighted by atomic mass is 32.1. The fourth-order valence-electron chi connectivity index (χ4n) is 2.26. The second-order valence-electron chi connectivity index (χ2n) is 4.51. The number of aromatic nitrogens is 1. The Bertz CT molecular complexity index is 431. The number of carboxylic acids is 1. The first-order chi connectivity index (χ1) is 8.16. The molecule has 17 heavy (non-hydrogen) atoms. The molecule has 0 aromatic carbocycles. The minimum Gasteiger partial charge on any atom is -0.478 e. The average molecular weight is 251 g/mol. The largest absolute Gasteiger partial charge is 0.478 e. The van der Waals surface area contributed by atoms with E-state index < -0.39 is 5.97 Å². The lowest BCUT2D eigenvalue weighted by Gasteiger charge is -2.18. The van der Waals surface area contributed by atoms with E-state index in [0.717, 1.165) is 10.6 Å². The number of aryl methyl sites for hydroxylation is 1. The topological polar surface area (TPSA) is 50.2 Å². The molecule has 3 nitrogen and oxygen atoms in total. The quantitative estimate of drug-likeness (QED) is 0.835. The summed E-state index contributed by atoms with van der Waals surface area (Å²) in [6.07, 6.45) is 9.23. The number of carbonyl (C=O) groups is 1. The van der Waals surface area contributed by atoms with Crippen molar-refractivity contribution in [3.8, 4) is 0 Å². The summed E-state index contributed by atoms with van der Waals surface area (Å²) in [5, 5.41) is 9.81. The Morgan fingerprint density at radius 3 is 2.76 bits per heavy atom. The molecule has 2 rings (SSSR count). The molecule has 1 aliphatic rings. The molecule has 1 N–H and O–H groups in total. The van der Waals surface area contributed by atoms with E-state index >= 15 is 0 Å². The van der Waals surface area contributed by atoms with E-state index in [0.29, 0.717) is 5.92 Å². The van der Waals surface area contributed by atoms with Crippen LogP contribution in [0.5, 0.6) is 0 Å². The normalized spacial score (nSPS) is 17.7. The minimum atomic E-state index is -0.906. The Kier molecular flexibility index (Phi) is 3.94. The van der Waals surface area contributed by atoms with Gasteiger partial charge in [-0.1, -0.05) is 19.3 Å². The van der Waals surface area contributed by atoms with Crippen molar-refractivity contribution in [1.29, 1.82) is 0 Å². The van der Waals surface area contributed by atoms with Crippen molar-refractivity contribution >= 4 is 23.4 Å². The number of aliphatic carboxylic acids is 1. The van der Waals surface area contributed by atoms with Crippen LogP contribution in [0, 0.1) is 6.92 Å². The van der Waals surface area contributed by atoms with Gasteiger partial charge in [-0.25, -0.2) is 9.78 Å². The maximum Gasteiger partial charge on any atom is 0.328 e. The fraction of sp³-hybridized carbons (Fsp3) is 0.538. The third kappa shape index (κ3) is 3.16. The zero-order valence-corrected chi connectivity index (χ0v) is 10.8. The molecule has 0 spiro atoms. The second kappa shape index (κ2) is 5.45. The monoisotopic (exact) mass is 251 g/mol. The van der Waals surface area contributed by atoms with Gasteiger partial charge in [0.2, 0.25) is 0 Å². The standard InChI is InChI=1S/C13H17NO2S/c1-9-11(7-8-12(15)16)17-13(14-9)10-5-3-2-4-6-10/h7-8,10H,2-6H2,1H3,(H,15,16)/b8-7+. The van der Waals surface area contributed by atoms with E-state index in [2.05, 4.69) is 4.98 Å². The smallest absolute Gasteiger partial charge is 0.328 e. The summed E-state index contributed by atoms with van der Waals surface area (Å²) in [4.78, 5) is 16.1. The maximum absolute atomic E-state index is 10.5. The van der Waals surface area contributed by atoms with Crippen LogP contribution in [0.25, 0.3) is 6.08 Å². The molecular formula is C13H17NO2S. The predicted molar refractivity (Wildman–Crippen MR) is 69.3 cm³/mol. The average Bonchev–Trinajstić information content (AvgIpc) is 2.69. The second-order valence-corrected chi connectivity index (χ2v) is 5.57. The Morgan fingerprint density at radius 2 is 2.12 bits per heavy atom. The lowest BCUT2D eigenvalue weighted by molar-refractivity contribution is -0.131. The van der Waals surface area contributed by atoms with Crippen molar-refractivity contribution in [1.82, 2.24) is 4.98 Å². The summed E-state index contributed by atoms with van der Waals surface area (Å²) >= 11 is 1.65. The molecule has 1 aromatic heterocycles. The molecule has 92 valence electrons. The van der Waals surface area contributed by atoms with Gasteiger partial charge in [-0.05, 0) is 25.8 Å². The fourth-order valence-corrected chi connectivity index (χ4v) is 3.40. The van der Waals surface area contributed by atoms with Crippen molar-refractivity contribution in [2.75, 3.05) is 0 Å². The molecule has 0 radical (unpaired) electrons. The van der Waals surface area contributed by atoms with Gasteiger partial charge in [-0.2, -0.15) is 0 Å². The first-order valence-corrected chi connectivity index (χ1v) is 6.87. The van der Waals surface area contributed by atoms with E-state index in [1.54, 1.807) is 17.4 Å². The summed E-state index contributed by atoms with van der Waals surface area (Å²) in [5.74, 6) is -0.309. The molecule has 1 aliphatic carbocycles. The molecule has 0 saturated heterocycles. The number of nitrogens with zero attached hydrogens (tertiary/aromatic N) is 1. The SMILES string of the molecule is Cc1nc(C2CCCCC2)sc1/C=C/C(=O)O. The van der Waals surface area contributed by atoms with Crippen LogP contribution in [0.3, 0.4) is 0 Å². The first kappa shape index (κ1) is 12.3. The van der Waals surface area contributed by atoms with Crippen LogP contribution in [0.15, 0.2) is 6.08 Å². The van der Waals surface area contributed by atoms with Crippen molar-refractivity contribution in [2.45, 2.75) is 44.9 Å². The zero-order chi connectivity index (χ0) is 12.3. The molecule has 0 bridgehead atoms. The van der Waals surface area contributed by atoms with Gasteiger partial charge < -0.3 is 5.11 Å². The van der Waals surface area contributed by atoms with Gasteiger partial charge in [0.25, 0.3) is 0 Å². The Hall–Kier alpha value is -1.16. The molecule has 0 atom stereocenters. The Balaban J connectivity index is 2.14. The summed E-state index contributed by atoms with van der Waals surface area (Å²) in [7, 11) is 0. The van der Waals surface area contributed by atoms with Crippen molar-refractivity contribution in [3.05, 3.63) is 21.7 Å². The van der Waals surface area contributed by atoms with Crippen LogP contribution in [-0.2, 0) is 4.79 Å². The van der Waals surface area contributed by atoms with E-state index in [9.17, 15) is 4.79 Å². The van der Waals surface area contributed by atoms with Crippen molar-refractivity contribution < 1.29 is 9.90 Å². The van der Waals surface area contributed by atoms with Crippen LogP contribution >= 0.6 is 11.3 Å². The molecule has 0 aliphatic heterocycles. The number of rotatable bonds is 3. The highest BCUT2D eigenvalue weighted by molar-refractivity contribution is 7.12. The van der Waals surface area contributed by atoms with Crippen LogP contribution in [-0.4, -0.2) is 16.1 Å². The molecule has 1 fully saturated rings. The zero-order valence-electron chi connectivity index (χ0n) is 9.98. The number of thiazole rings is 1. The molecule has 1 saturated carbocycles. The van der Waals surface area contributed by atoms with Crippen LogP contribution in [0.1, 0.15) is 53.6 Å². The van der Waals surface area contributed by atoms with Gasteiger partial charge in [-0.15, -0.1) is 11.3 Å². The van der Waals surface area contributed by atoms with Gasteiger partial charge in [0.15, 0.2) is 0 Å². The highest BCUT2D eigenvalue weighted by Gasteiger charge is 2.19. The van der Waals surface area contributed by atoms with Crippen molar-refractivity contribution in [3.63, 3.8) is 0 Å². The summed E-state index contributed by atoms with van der Waals surface area (Å²) in [6, 6.07) is 0. The van der Waals surface area contributed by atoms with Gasteiger partial charge in [0.05, 0.1) is 15.6 Å². The van der Waals surface area contributed by atoms with Gasteiger partial charge in [-0.3, -0.25) is 0 Å². The molecule has 1 aromatic rings. The third-order valence-corrected chi connectivity index (χ3v) is 4.47. The molecule has 1 heterocycles. The summed E-state index contributed by atoms with van der Waals surface area (Å²) in [5.41, 5.74) is 0.952. The van der Waals surface area contributed by atoms with E-state index in [1.807, 2.05) is 6.92 Å². The van der Waals surface area contributed by atoms with Crippen molar-refractivity contribution in [2.24, 2.45) is 0 Å². The molecule has 4 heteroatoms. The highest BCUT2D eigenvalue weighted by Crippen LogP contribution is 2.36.